The first-order valence-electron chi connectivity index (χ1n) is 29.4. The molecule has 0 spiro atoms. The molecule has 1 fully saturated rings. The van der Waals surface area contributed by atoms with Gasteiger partial charge in [-0.25, -0.2) is 0 Å². The number of aromatic amines is 1. The Labute approximate surface area is 506 Å². The molecule has 454 valence electrons. The Hall–Kier alpha value is -9.55. The van der Waals surface area contributed by atoms with Crippen LogP contribution in [0, 0.1) is 11.8 Å². The fourth-order valence-corrected chi connectivity index (χ4v) is 12.4. The van der Waals surface area contributed by atoms with Gasteiger partial charge >= 0.3 is 7.60 Å². The van der Waals surface area contributed by atoms with Crippen molar-refractivity contribution in [2.75, 3.05) is 11.4 Å². The second-order valence-electron chi connectivity index (χ2n) is 22.4. The monoisotopic (exact) mass is 1210 g/mol. The Kier molecular flexibility index (Phi) is 18.9. The van der Waals surface area contributed by atoms with Crippen LogP contribution in [-0.2, 0) is 52.7 Å². The summed E-state index contributed by atoms with van der Waals surface area (Å²) in [5, 5.41) is 13.9. The Balaban J connectivity index is 0.759. The number of amides is 9. The molecule has 0 radical (unpaired) electrons. The summed E-state index contributed by atoms with van der Waals surface area (Å²) in [6, 6.07) is 27.8. The van der Waals surface area contributed by atoms with Gasteiger partial charge in [0.25, 0.3) is 23.2 Å². The van der Waals surface area contributed by atoms with Gasteiger partial charge in [0.05, 0.1) is 22.8 Å². The lowest BCUT2D eigenvalue weighted by atomic mass is 9.98. The summed E-state index contributed by atoms with van der Waals surface area (Å²) in [5.41, 5.74) is 8.80. The number of aromatic nitrogens is 1. The number of hydrogen-bond donors (Lipinski definition) is 9. The van der Waals surface area contributed by atoms with Crippen LogP contribution in [0.25, 0.3) is 10.9 Å². The van der Waals surface area contributed by atoms with E-state index >= 15 is 0 Å². The average Bonchev–Trinajstić information content (AvgIpc) is 1.83. The minimum absolute atomic E-state index is 0.0743. The summed E-state index contributed by atoms with van der Waals surface area (Å²) in [4.78, 5) is 160. The lowest BCUT2D eigenvalue weighted by Gasteiger charge is -2.29. The highest BCUT2D eigenvalue weighted by atomic mass is 31.2. The number of aryl methyl sites for hydroxylation is 1. The predicted octanol–water partition coefficient (Wildman–Crippen LogP) is 5.42. The van der Waals surface area contributed by atoms with Gasteiger partial charge in [-0.3, -0.25) is 62.7 Å². The smallest absolute Gasteiger partial charge is 0.370 e. The predicted molar refractivity (Wildman–Crippen MR) is 323 cm³/mol. The first kappa shape index (κ1) is 61.5. The van der Waals surface area contributed by atoms with E-state index in [1.165, 1.54) is 15.9 Å². The Morgan fingerprint density at radius 2 is 1.45 bits per heavy atom. The van der Waals surface area contributed by atoms with Crippen LogP contribution in [0.15, 0.2) is 115 Å². The van der Waals surface area contributed by atoms with E-state index in [4.69, 9.17) is 5.73 Å². The quantitative estimate of drug-likeness (QED) is 0.0168. The van der Waals surface area contributed by atoms with Gasteiger partial charge in [0.2, 0.25) is 35.4 Å². The number of primary amides is 1. The van der Waals surface area contributed by atoms with Crippen LogP contribution in [0.3, 0.4) is 0 Å². The molecule has 1 saturated heterocycles. The maximum absolute atomic E-state index is 14.8. The summed E-state index contributed by atoms with van der Waals surface area (Å²) in [5.74, 6) is 1.26. The zero-order chi connectivity index (χ0) is 62.2. The molecule has 10 N–H and O–H groups in total. The Morgan fingerprint density at radius 1 is 0.761 bits per heavy atom. The van der Waals surface area contributed by atoms with Crippen molar-refractivity contribution in [3.63, 3.8) is 0 Å². The number of para-hydroxylation sites is 1. The number of hydrogen-bond acceptors (Lipinski definition) is 11. The Morgan fingerprint density at radius 3 is 2.16 bits per heavy atom. The molecule has 9 amide bonds. The highest BCUT2D eigenvalue weighted by molar-refractivity contribution is 7.70. The number of anilines is 1. The van der Waals surface area contributed by atoms with Crippen molar-refractivity contribution in [1.82, 2.24) is 36.5 Å². The van der Waals surface area contributed by atoms with Crippen molar-refractivity contribution in [2.24, 2.45) is 5.73 Å². The van der Waals surface area contributed by atoms with Crippen LogP contribution in [0.1, 0.15) is 158 Å². The molecule has 4 aliphatic heterocycles. The molecule has 4 aliphatic rings. The molecule has 0 saturated carbocycles. The van der Waals surface area contributed by atoms with E-state index in [9.17, 15) is 62.3 Å². The van der Waals surface area contributed by atoms with Crippen LogP contribution in [0.5, 0.6) is 0 Å². The van der Waals surface area contributed by atoms with Crippen molar-refractivity contribution in [2.45, 2.75) is 127 Å². The van der Waals surface area contributed by atoms with E-state index in [-0.39, 0.29) is 85.6 Å². The SMILES string of the molecule is NC(=O)CC[C@H](NC(=O)[C@@H]1Cc2cccc3c2N1C(=O)[C@@H](NC(=O)c1cc2cc(C(=O)P(=O)(O)O)cc(C(=O)NCCCCCCCCC#Cc4cccc5c4CN(C4CCC(=O)NC4=O)C5=O)c2[nH]1)CC3)C(=O)NC(c1ccccc1)c1ccccc1. The molecule has 10 rings (SSSR count). The van der Waals surface area contributed by atoms with Crippen molar-refractivity contribution in [1.29, 1.82) is 0 Å². The third-order valence-electron chi connectivity index (χ3n) is 16.4. The molecular weight excluding hydrogens is 1150 g/mol. The minimum atomic E-state index is -5.33. The molecule has 0 aliphatic carbocycles. The highest BCUT2D eigenvalue weighted by Crippen LogP contribution is 2.41. The molecule has 6 aromatic rings. The van der Waals surface area contributed by atoms with E-state index in [1.54, 1.807) is 18.2 Å². The summed E-state index contributed by atoms with van der Waals surface area (Å²) in [6.07, 6.45) is 5.99. The molecule has 5 aromatic carbocycles. The topological polar surface area (TPSA) is 337 Å². The van der Waals surface area contributed by atoms with Crippen LogP contribution in [0.4, 0.5) is 5.69 Å². The van der Waals surface area contributed by atoms with Crippen LogP contribution in [-0.4, -0.2) is 109 Å². The lowest BCUT2D eigenvalue weighted by molar-refractivity contribution is -0.137. The van der Waals surface area contributed by atoms with Gasteiger partial charge in [-0.05, 0) is 96.7 Å². The molecule has 22 nitrogen and oxygen atoms in total. The third-order valence-corrected chi connectivity index (χ3v) is 17.2. The number of imide groups is 1. The molecule has 1 unspecified atom stereocenters. The molecule has 5 heterocycles. The number of carbonyl (C=O) groups excluding carboxylic acids is 10. The molecule has 88 heavy (non-hydrogen) atoms. The van der Waals surface area contributed by atoms with E-state index in [0.29, 0.717) is 36.1 Å². The van der Waals surface area contributed by atoms with Gasteiger partial charge < -0.3 is 46.7 Å². The summed E-state index contributed by atoms with van der Waals surface area (Å²) < 4.78 is 12.2. The van der Waals surface area contributed by atoms with Gasteiger partial charge in [0, 0.05) is 60.8 Å². The summed E-state index contributed by atoms with van der Waals surface area (Å²) >= 11 is 0. The molecule has 1 aromatic heterocycles. The second-order valence-corrected chi connectivity index (χ2v) is 23.9. The van der Waals surface area contributed by atoms with Crippen LogP contribution in [0.2, 0.25) is 0 Å². The first-order valence-corrected chi connectivity index (χ1v) is 31.0. The van der Waals surface area contributed by atoms with Crippen molar-refractivity contribution < 1.29 is 62.3 Å². The fraction of sp³-hybridized carbons (Fsp3) is 0.323. The zero-order valence-electron chi connectivity index (χ0n) is 48.0. The van der Waals surface area contributed by atoms with E-state index in [2.05, 4.69) is 43.4 Å². The van der Waals surface area contributed by atoms with E-state index in [1.807, 2.05) is 78.9 Å². The fourth-order valence-electron chi connectivity index (χ4n) is 12.0. The first-order chi connectivity index (χ1) is 42.3. The van der Waals surface area contributed by atoms with E-state index < -0.39 is 90.2 Å². The number of piperidine rings is 1. The number of H-pyrrole nitrogens is 1. The average molecular weight is 1210 g/mol. The Bertz CT molecular complexity index is 3850. The van der Waals surface area contributed by atoms with Crippen molar-refractivity contribution >= 4 is 82.9 Å². The van der Waals surface area contributed by atoms with E-state index in [0.717, 1.165) is 72.1 Å². The third kappa shape index (κ3) is 13.8. The number of nitrogens with one attached hydrogen (secondary N) is 6. The van der Waals surface area contributed by atoms with Gasteiger partial charge in [0.1, 0.15) is 29.9 Å². The summed E-state index contributed by atoms with van der Waals surface area (Å²) in [7, 11) is -5.33. The molecule has 23 heteroatoms. The molecule has 4 atom stereocenters. The second kappa shape index (κ2) is 27.0. The number of unbranched alkanes of at least 4 members (excludes halogenated alkanes) is 6. The highest BCUT2D eigenvalue weighted by Gasteiger charge is 2.45. The lowest BCUT2D eigenvalue weighted by Crippen LogP contribution is -2.57. The number of benzene rings is 5. The molecule has 0 bridgehead atoms. The van der Waals surface area contributed by atoms with Crippen molar-refractivity contribution in [3.8, 4) is 11.8 Å². The van der Waals surface area contributed by atoms with Gasteiger partial charge in [-0.2, -0.15) is 0 Å². The number of carbonyl (C=O) groups is 10. The maximum Gasteiger partial charge on any atom is 0.396 e. The van der Waals surface area contributed by atoms with Crippen LogP contribution < -0.4 is 37.2 Å². The maximum atomic E-state index is 14.8. The number of rotatable bonds is 23. The largest absolute Gasteiger partial charge is 0.396 e. The van der Waals surface area contributed by atoms with Gasteiger partial charge in [-0.1, -0.05) is 122 Å². The number of nitrogens with zero attached hydrogens (tertiary/aromatic N) is 2. The minimum Gasteiger partial charge on any atom is -0.370 e. The van der Waals surface area contributed by atoms with Gasteiger partial charge in [0.15, 0.2) is 0 Å². The zero-order valence-corrected chi connectivity index (χ0v) is 48.9. The number of nitrogens with two attached hydrogens (primary N) is 1. The standard InChI is InChI=1S/C65H66N9O13P/c66-53(75)30-28-48(59(78)72-55(39-18-10-7-11-19-39)40-20-12-8-13-21-40)69-62(81)52-36-42-24-15-23-41-26-27-49(64(83)74(52)57(41)42)70-60(79)50-35-43-33-44(65(84)88(85,86)87)34-46(56(43)68-50)58(77)67-32-14-6-4-2-1-3-5-9-17-38-22-16-25-45-47(38)37-73(63(45)82)51-29-31-54(76)71-61(51)80/h7-8,10-13,15-16,18-25,33-35,48-49,51-52,55,68H,1-6,14,26-32,36-37H2,(H2,66,75)(H,67,77)(H,69,81)(H,70,79)(H,72,78)(H,71,76,80)(H2,85,86,87)/t48-,49-,51?,52-/m0/s1. The summed E-state index contributed by atoms with van der Waals surface area (Å²) in [6.45, 7) is 0.457. The normalized spacial score (nSPS) is 17.3. The van der Waals surface area contributed by atoms with Crippen molar-refractivity contribution in [3.05, 3.63) is 171 Å². The number of fused-ring (bicyclic) bond motifs is 2. The molecular formula is C65H66N9O13P. The van der Waals surface area contributed by atoms with Gasteiger partial charge in [-0.15, -0.1) is 0 Å². The van der Waals surface area contributed by atoms with Crippen LogP contribution >= 0.6 is 7.60 Å².